The zero-order chi connectivity index (χ0) is 43.3. The molecular formula is C32H36F9N9O7. The second-order valence-electron chi connectivity index (χ2n) is 12.0. The van der Waals surface area contributed by atoms with Crippen LogP contribution in [0.2, 0.25) is 0 Å². The maximum absolute atomic E-state index is 13.5. The first-order valence-electron chi connectivity index (χ1n) is 16.3. The first-order valence-corrected chi connectivity index (χ1v) is 16.3. The van der Waals surface area contributed by atoms with Crippen molar-refractivity contribution in [3.63, 3.8) is 0 Å². The third-order valence-electron chi connectivity index (χ3n) is 7.79. The molecule has 3 heterocycles. The molecule has 2 atom stereocenters. The third kappa shape index (κ3) is 15.5. The van der Waals surface area contributed by atoms with Crippen molar-refractivity contribution in [2.75, 3.05) is 36.4 Å². The molecule has 0 radical (unpaired) electrons. The highest BCUT2D eigenvalue weighted by Crippen LogP contribution is 2.28. The molecule has 1 aromatic carbocycles. The van der Waals surface area contributed by atoms with Gasteiger partial charge in [0.25, 0.3) is 5.91 Å². The van der Waals surface area contributed by atoms with Crippen molar-refractivity contribution in [1.29, 1.82) is 5.41 Å². The number of carbonyl (C=O) groups excluding carboxylic acids is 1. The van der Waals surface area contributed by atoms with Crippen LogP contribution in [0.25, 0.3) is 10.9 Å². The maximum Gasteiger partial charge on any atom is 0.490 e. The number of alkyl halides is 9. The summed E-state index contributed by atoms with van der Waals surface area (Å²) in [6, 6.07) is 10.1. The Morgan fingerprint density at radius 2 is 1.25 bits per heavy atom. The summed E-state index contributed by atoms with van der Waals surface area (Å²) in [6.45, 7) is 4.73. The van der Waals surface area contributed by atoms with Crippen molar-refractivity contribution in [3.8, 4) is 0 Å². The van der Waals surface area contributed by atoms with Crippen LogP contribution in [0.3, 0.4) is 0 Å². The van der Waals surface area contributed by atoms with Crippen LogP contribution in [0.5, 0.6) is 0 Å². The summed E-state index contributed by atoms with van der Waals surface area (Å²) in [5.74, 6) is -7.59. The highest BCUT2D eigenvalue weighted by atomic mass is 19.4. The summed E-state index contributed by atoms with van der Waals surface area (Å²) in [6.07, 6.45) is -7.65. The molecule has 314 valence electrons. The van der Waals surface area contributed by atoms with E-state index in [2.05, 4.69) is 31.6 Å². The summed E-state index contributed by atoms with van der Waals surface area (Å²) < 4.78 is 95.2. The Bertz CT molecular complexity index is 1800. The number of nitrogens with two attached hydrogens (primary N) is 1. The predicted molar refractivity (Wildman–Crippen MR) is 182 cm³/mol. The van der Waals surface area contributed by atoms with Crippen LogP contribution < -0.4 is 21.3 Å². The van der Waals surface area contributed by atoms with Gasteiger partial charge in [-0.1, -0.05) is 24.5 Å². The van der Waals surface area contributed by atoms with E-state index in [-0.39, 0.29) is 29.8 Å². The lowest BCUT2D eigenvalue weighted by Gasteiger charge is -2.36. The number of carboxylic acid groups (broad SMARTS) is 3. The Kier molecular flexibility index (Phi) is 16.6. The smallest absolute Gasteiger partial charge is 0.475 e. The first kappa shape index (κ1) is 47.0. The molecular weight excluding hydrogens is 793 g/mol. The van der Waals surface area contributed by atoms with Crippen molar-refractivity contribution in [2.45, 2.75) is 63.2 Å². The fraction of sp³-hybridized carbons (Fsp3) is 0.438. The van der Waals surface area contributed by atoms with Gasteiger partial charge in [-0.25, -0.2) is 24.4 Å². The molecule has 8 N–H and O–H groups in total. The van der Waals surface area contributed by atoms with Gasteiger partial charge >= 0.3 is 36.4 Å². The second kappa shape index (κ2) is 20.1. The number of hydrogen-bond acceptors (Lipinski definition) is 10. The number of nitrogens with zero attached hydrogens (tertiary/aromatic N) is 5. The number of guanidine groups is 1. The summed E-state index contributed by atoms with van der Waals surface area (Å²) in [4.78, 5) is 57.8. The molecule has 2 aromatic heterocycles. The number of benzene rings is 1. The third-order valence-corrected chi connectivity index (χ3v) is 7.79. The summed E-state index contributed by atoms with van der Waals surface area (Å²) in [5, 5.41) is 36.6. The molecule has 3 aromatic rings. The van der Waals surface area contributed by atoms with Crippen molar-refractivity contribution in [3.05, 3.63) is 54.1 Å². The van der Waals surface area contributed by atoms with E-state index in [9.17, 15) is 44.3 Å². The average molecular weight is 830 g/mol. The van der Waals surface area contributed by atoms with Crippen LogP contribution >= 0.6 is 0 Å². The van der Waals surface area contributed by atoms with E-state index in [1.807, 2.05) is 36.1 Å². The van der Waals surface area contributed by atoms with Crippen molar-refractivity contribution in [2.24, 2.45) is 5.73 Å². The summed E-state index contributed by atoms with van der Waals surface area (Å²) in [5.41, 5.74) is 8.60. The molecule has 1 saturated heterocycles. The molecule has 2 fully saturated rings. The molecule has 0 spiro atoms. The van der Waals surface area contributed by atoms with Crippen LogP contribution in [0.1, 0.15) is 41.9 Å². The number of aromatic nitrogens is 3. The standard InChI is InChI=1S/C26H33N9O.3C2HF3O2/c1-17-6-7-20-19(16-17)23(31-21-4-2-3-5-22(21)32-26(27)28)33-24(30-20)25(36)35-14-12-34(13-15-35)18-8-10-29-11-9-18;3*3-2(4,5)1(6)7/h6-11,16,21-22H,2-5,12-15H2,1H3,(H4,27,28,32)(H,30,31,33);3*(H,6,7). The number of piperazine rings is 1. The Morgan fingerprint density at radius 1 is 0.772 bits per heavy atom. The van der Waals surface area contributed by atoms with E-state index in [1.165, 1.54) is 0 Å². The Balaban J connectivity index is 0.000000438. The van der Waals surface area contributed by atoms with E-state index in [4.69, 9.17) is 45.8 Å². The Hall–Kier alpha value is -6.17. The van der Waals surface area contributed by atoms with Crippen LogP contribution in [0.4, 0.5) is 51.0 Å². The highest BCUT2D eigenvalue weighted by molar-refractivity contribution is 5.97. The van der Waals surface area contributed by atoms with Gasteiger partial charge in [0.15, 0.2) is 5.96 Å². The Morgan fingerprint density at radius 3 is 1.70 bits per heavy atom. The Labute approximate surface area is 316 Å². The number of hydrogen-bond donors (Lipinski definition) is 7. The molecule has 1 aliphatic carbocycles. The van der Waals surface area contributed by atoms with E-state index in [0.29, 0.717) is 18.9 Å². The summed E-state index contributed by atoms with van der Waals surface area (Å²) in [7, 11) is 0. The van der Waals surface area contributed by atoms with Gasteiger partial charge in [-0.05, 0) is 44.0 Å². The first-order chi connectivity index (χ1) is 26.3. The van der Waals surface area contributed by atoms with E-state index in [0.717, 1.165) is 60.9 Å². The SMILES string of the molecule is Cc1ccc2nc(C(=O)N3CCN(c4ccncc4)CC3)nc(NC3CCCCC3NC(=N)N)c2c1.O=C(O)C(F)(F)F.O=C(O)C(F)(F)F.O=C(O)C(F)(F)F. The summed E-state index contributed by atoms with van der Waals surface area (Å²) >= 11 is 0. The number of carboxylic acids is 3. The monoisotopic (exact) mass is 829 g/mol. The molecule has 2 aliphatic rings. The molecule has 1 aliphatic heterocycles. The molecule has 1 amide bonds. The minimum absolute atomic E-state index is 0.0288. The lowest BCUT2D eigenvalue weighted by atomic mass is 9.90. The van der Waals surface area contributed by atoms with Crippen LogP contribution in [-0.2, 0) is 14.4 Å². The minimum Gasteiger partial charge on any atom is -0.475 e. The average Bonchev–Trinajstić information content (AvgIpc) is 3.12. The zero-order valence-electron chi connectivity index (χ0n) is 29.5. The van der Waals surface area contributed by atoms with E-state index >= 15 is 0 Å². The highest BCUT2D eigenvalue weighted by Gasteiger charge is 2.39. The molecule has 1 saturated carbocycles. The van der Waals surface area contributed by atoms with Crippen LogP contribution in [0, 0.1) is 12.3 Å². The predicted octanol–water partition coefficient (Wildman–Crippen LogP) is 4.40. The van der Waals surface area contributed by atoms with Gasteiger partial charge in [0.1, 0.15) is 5.82 Å². The van der Waals surface area contributed by atoms with E-state index < -0.39 is 36.4 Å². The zero-order valence-corrected chi connectivity index (χ0v) is 29.5. The fourth-order valence-corrected chi connectivity index (χ4v) is 5.16. The molecule has 16 nitrogen and oxygen atoms in total. The number of halogens is 9. The second-order valence-corrected chi connectivity index (χ2v) is 12.0. The van der Waals surface area contributed by atoms with Crippen molar-refractivity contribution >= 4 is 52.2 Å². The maximum atomic E-state index is 13.5. The number of aliphatic carboxylic acids is 3. The quantitative estimate of drug-likeness (QED) is 0.107. The number of amides is 1. The molecule has 0 bridgehead atoms. The van der Waals surface area contributed by atoms with Crippen molar-refractivity contribution in [1.82, 2.24) is 25.2 Å². The van der Waals surface area contributed by atoms with Gasteiger partial charge in [0.2, 0.25) is 5.82 Å². The fourth-order valence-electron chi connectivity index (χ4n) is 5.16. The topological polar surface area (TPSA) is 248 Å². The normalized spacial score (nSPS) is 16.9. The number of rotatable bonds is 5. The van der Waals surface area contributed by atoms with Gasteiger partial charge in [0, 0.05) is 61.7 Å². The molecule has 5 rings (SSSR count). The lowest BCUT2D eigenvalue weighted by Crippen LogP contribution is -2.50. The number of fused-ring (bicyclic) bond motifs is 1. The molecule has 2 unspecified atom stereocenters. The lowest BCUT2D eigenvalue weighted by molar-refractivity contribution is -0.193. The number of nitrogens with one attached hydrogen (secondary N) is 3. The van der Waals surface area contributed by atoms with Crippen molar-refractivity contribution < 1.29 is 74.0 Å². The van der Waals surface area contributed by atoms with Gasteiger partial charge < -0.3 is 41.5 Å². The van der Waals surface area contributed by atoms with E-state index in [1.54, 1.807) is 12.4 Å². The number of anilines is 2. The van der Waals surface area contributed by atoms with Gasteiger partial charge in [-0.15, -0.1) is 0 Å². The minimum atomic E-state index is -5.08. The largest absolute Gasteiger partial charge is 0.490 e. The van der Waals surface area contributed by atoms with Gasteiger partial charge in [-0.3, -0.25) is 15.2 Å². The van der Waals surface area contributed by atoms with Gasteiger partial charge in [0.05, 0.1) is 5.52 Å². The van der Waals surface area contributed by atoms with Crippen LogP contribution in [-0.4, -0.2) is 122 Å². The number of aryl methyl sites for hydroxylation is 1. The molecule has 57 heavy (non-hydrogen) atoms. The van der Waals surface area contributed by atoms with Gasteiger partial charge in [-0.2, -0.15) is 39.5 Å². The molecule has 25 heteroatoms. The number of carbonyl (C=O) groups is 4. The number of pyridine rings is 1. The van der Waals surface area contributed by atoms with Crippen LogP contribution in [0.15, 0.2) is 42.7 Å².